The summed E-state index contributed by atoms with van der Waals surface area (Å²) in [6.07, 6.45) is -3.42. The molecule has 1 N–H and O–H groups in total. The van der Waals surface area contributed by atoms with E-state index in [4.69, 9.17) is 0 Å². The zero-order valence-corrected chi connectivity index (χ0v) is 10.6. The zero-order chi connectivity index (χ0) is 14.0. The molecule has 0 bridgehead atoms. The Kier molecular flexibility index (Phi) is 3.50. The fraction of sp³-hybridized carbons (Fsp3) is 0.308. The topological polar surface area (TPSA) is 29.9 Å². The number of nitrogens with zero attached hydrogens (tertiary/aromatic N) is 2. The highest BCUT2D eigenvalue weighted by molar-refractivity contribution is 5.60. The van der Waals surface area contributed by atoms with Crippen LogP contribution in [0.4, 0.5) is 18.9 Å². The van der Waals surface area contributed by atoms with Crippen LogP contribution >= 0.6 is 0 Å². The minimum absolute atomic E-state index is 0.301. The Balaban J connectivity index is 2.34. The molecular weight excluding hydrogens is 255 g/mol. The van der Waals surface area contributed by atoms with Crippen molar-refractivity contribution in [2.75, 3.05) is 11.9 Å². The summed E-state index contributed by atoms with van der Waals surface area (Å²) in [5.41, 5.74) is 0.705. The summed E-state index contributed by atoms with van der Waals surface area (Å²) in [6.45, 7) is 2.77. The van der Waals surface area contributed by atoms with Crippen LogP contribution in [0.3, 0.4) is 0 Å². The number of rotatable bonds is 3. The van der Waals surface area contributed by atoms with Gasteiger partial charge in [0.2, 0.25) is 0 Å². The van der Waals surface area contributed by atoms with Gasteiger partial charge in [-0.2, -0.15) is 13.2 Å². The molecule has 0 aliphatic rings. The first-order valence-corrected chi connectivity index (χ1v) is 5.86. The average molecular weight is 269 g/mol. The second kappa shape index (κ2) is 4.95. The lowest BCUT2D eigenvalue weighted by atomic mass is 10.2. The molecule has 0 fully saturated rings. The van der Waals surface area contributed by atoms with E-state index in [0.717, 1.165) is 18.4 Å². The molecule has 1 aromatic heterocycles. The van der Waals surface area contributed by atoms with E-state index in [0.29, 0.717) is 11.4 Å². The molecule has 0 atom stereocenters. The van der Waals surface area contributed by atoms with Crippen molar-refractivity contribution >= 4 is 5.69 Å². The minimum Gasteiger partial charge on any atom is -0.385 e. The summed E-state index contributed by atoms with van der Waals surface area (Å²) >= 11 is 0. The van der Waals surface area contributed by atoms with Gasteiger partial charge in [-0.3, -0.25) is 0 Å². The Hall–Kier alpha value is -1.98. The molecule has 3 nitrogen and oxygen atoms in total. The number of halogens is 3. The summed E-state index contributed by atoms with van der Waals surface area (Å²) in [4.78, 5) is 3.64. The minimum atomic E-state index is -4.42. The summed E-state index contributed by atoms with van der Waals surface area (Å²) in [7, 11) is 1.55. The van der Waals surface area contributed by atoms with E-state index in [-0.39, 0.29) is 0 Å². The second-order valence-corrected chi connectivity index (χ2v) is 4.17. The first-order valence-electron chi connectivity index (χ1n) is 5.86. The third-order valence-electron chi connectivity index (χ3n) is 2.69. The van der Waals surface area contributed by atoms with Crippen molar-refractivity contribution < 1.29 is 13.2 Å². The molecule has 0 saturated carbocycles. The lowest BCUT2D eigenvalue weighted by Gasteiger charge is -2.05. The van der Waals surface area contributed by atoms with Gasteiger partial charge < -0.3 is 9.88 Å². The molecule has 2 aromatic rings. The molecule has 0 aliphatic heterocycles. The third kappa shape index (κ3) is 2.89. The van der Waals surface area contributed by atoms with Gasteiger partial charge >= 0.3 is 6.18 Å². The van der Waals surface area contributed by atoms with Crippen LogP contribution in [0.2, 0.25) is 0 Å². The highest BCUT2D eigenvalue weighted by Crippen LogP contribution is 2.30. The lowest BCUT2D eigenvalue weighted by molar-refractivity contribution is -0.140. The Bertz CT molecular complexity index is 556. The van der Waals surface area contributed by atoms with Crippen molar-refractivity contribution in [2.24, 2.45) is 7.05 Å². The maximum absolute atomic E-state index is 12.6. The molecule has 19 heavy (non-hydrogen) atoms. The summed E-state index contributed by atoms with van der Waals surface area (Å²) in [5.74, 6) is 0.301. The average Bonchev–Trinajstić information content (AvgIpc) is 2.73. The van der Waals surface area contributed by atoms with Gasteiger partial charge in [0.05, 0.1) is 0 Å². The van der Waals surface area contributed by atoms with Gasteiger partial charge in [-0.05, 0) is 31.2 Å². The smallest absolute Gasteiger partial charge is 0.385 e. The zero-order valence-electron chi connectivity index (χ0n) is 10.6. The predicted octanol–water partition coefficient (Wildman–Crippen LogP) is 3.54. The molecule has 1 heterocycles. The lowest BCUT2D eigenvalue weighted by Crippen LogP contribution is -2.04. The number of anilines is 1. The summed E-state index contributed by atoms with van der Waals surface area (Å²) < 4.78 is 39.1. The van der Waals surface area contributed by atoms with Crippen LogP contribution < -0.4 is 5.32 Å². The fourth-order valence-electron chi connectivity index (χ4n) is 1.81. The predicted molar refractivity (Wildman–Crippen MR) is 67.8 cm³/mol. The van der Waals surface area contributed by atoms with Crippen molar-refractivity contribution in [2.45, 2.75) is 13.1 Å². The number of aryl methyl sites for hydroxylation is 1. The number of nitrogens with one attached hydrogen (secondary N) is 1. The van der Waals surface area contributed by atoms with Gasteiger partial charge in [0.15, 0.2) is 5.69 Å². The van der Waals surface area contributed by atoms with Crippen molar-refractivity contribution in [3.8, 4) is 11.4 Å². The number of imidazole rings is 1. The molecule has 0 radical (unpaired) electrons. The van der Waals surface area contributed by atoms with Gasteiger partial charge in [-0.15, -0.1) is 0 Å². The van der Waals surface area contributed by atoms with Crippen molar-refractivity contribution in [1.82, 2.24) is 9.55 Å². The van der Waals surface area contributed by atoms with Crippen molar-refractivity contribution in [3.05, 3.63) is 36.2 Å². The van der Waals surface area contributed by atoms with E-state index >= 15 is 0 Å². The Labute approximate surface area is 109 Å². The Morgan fingerprint density at radius 2 is 1.84 bits per heavy atom. The monoisotopic (exact) mass is 269 g/mol. The molecule has 1 aromatic carbocycles. The maximum Gasteiger partial charge on any atom is 0.434 e. The quantitative estimate of drug-likeness (QED) is 0.923. The normalized spacial score (nSPS) is 11.6. The van der Waals surface area contributed by atoms with Crippen LogP contribution in [0.5, 0.6) is 0 Å². The van der Waals surface area contributed by atoms with Crippen LogP contribution in [0.15, 0.2) is 30.5 Å². The first-order chi connectivity index (χ1) is 8.91. The van der Waals surface area contributed by atoms with E-state index in [1.807, 2.05) is 19.1 Å². The molecule has 0 saturated heterocycles. The molecule has 102 valence electrons. The van der Waals surface area contributed by atoms with Gasteiger partial charge in [0.1, 0.15) is 5.82 Å². The third-order valence-corrected chi connectivity index (χ3v) is 2.69. The highest BCUT2D eigenvalue weighted by atomic mass is 19.4. The molecule has 0 amide bonds. The van der Waals surface area contributed by atoms with Gasteiger partial charge in [-0.25, -0.2) is 4.98 Å². The van der Waals surface area contributed by atoms with Crippen LogP contribution in [0, 0.1) is 0 Å². The van der Waals surface area contributed by atoms with Crippen LogP contribution in [-0.2, 0) is 13.2 Å². The maximum atomic E-state index is 12.6. The fourth-order valence-corrected chi connectivity index (χ4v) is 1.81. The largest absolute Gasteiger partial charge is 0.434 e. The van der Waals surface area contributed by atoms with Crippen LogP contribution in [-0.4, -0.2) is 16.1 Å². The molecule has 0 aliphatic carbocycles. The number of benzene rings is 1. The van der Waals surface area contributed by atoms with E-state index in [1.54, 1.807) is 19.2 Å². The van der Waals surface area contributed by atoms with Crippen molar-refractivity contribution in [1.29, 1.82) is 0 Å². The SMILES string of the molecule is CCNc1ccc(-c2nc(C(F)(F)F)cn2C)cc1. The molecule has 6 heteroatoms. The summed E-state index contributed by atoms with van der Waals surface area (Å²) in [6, 6.07) is 7.14. The molecule has 2 rings (SSSR count). The summed E-state index contributed by atoms with van der Waals surface area (Å²) in [5, 5.41) is 3.12. The highest BCUT2D eigenvalue weighted by Gasteiger charge is 2.34. The number of hydrogen-bond donors (Lipinski definition) is 1. The molecule has 0 unspecified atom stereocenters. The Morgan fingerprint density at radius 3 is 2.32 bits per heavy atom. The van der Waals surface area contributed by atoms with Crippen LogP contribution in [0.25, 0.3) is 11.4 Å². The van der Waals surface area contributed by atoms with E-state index in [2.05, 4.69) is 10.3 Å². The number of alkyl halides is 3. The Morgan fingerprint density at radius 1 is 1.21 bits per heavy atom. The standard InChI is InChI=1S/C13H14F3N3/c1-3-17-10-6-4-9(5-7-10)12-18-11(8-19(12)2)13(14,15)16/h4-8,17H,3H2,1-2H3. The van der Waals surface area contributed by atoms with E-state index in [1.165, 1.54) is 4.57 Å². The number of hydrogen-bond acceptors (Lipinski definition) is 2. The van der Waals surface area contributed by atoms with Crippen molar-refractivity contribution in [3.63, 3.8) is 0 Å². The van der Waals surface area contributed by atoms with Gasteiger partial charge in [0.25, 0.3) is 0 Å². The number of aromatic nitrogens is 2. The molecular formula is C13H14F3N3. The molecule has 0 spiro atoms. The van der Waals surface area contributed by atoms with E-state index in [9.17, 15) is 13.2 Å². The van der Waals surface area contributed by atoms with Crippen LogP contribution in [0.1, 0.15) is 12.6 Å². The van der Waals surface area contributed by atoms with Gasteiger partial charge in [-0.1, -0.05) is 0 Å². The van der Waals surface area contributed by atoms with E-state index < -0.39 is 11.9 Å². The second-order valence-electron chi connectivity index (χ2n) is 4.17. The first kappa shape index (κ1) is 13.5. The van der Waals surface area contributed by atoms with Gasteiger partial charge in [0, 0.05) is 31.0 Å².